The first-order valence-electron chi connectivity index (χ1n) is 8.43. The van der Waals surface area contributed by atoms with Crippen LogP contribution in [-0.4, -0.2) is 38.0 Å². The molecule has 1 atom stereocenters. The van der Waals surface area contributed by atoms with E-state index in [1.165, 1.54) is 12.0 Å². The van der Waals surface area contributed by atoms with Crippen LogP contribution >= 0.6 is 0 Å². The van der Waals surface area contributed by atoms with E-state index in [-0.39, 0.29) is 18.4 Å². The van der Waals surface area contributed by atoms with Crippen molar-refractivity contribution in [2.45, 2.75) is 32.6 Å². The van der Waals surface area contributed by atoms with Crippen LogP contribution in [0.25, 0.3) is 0 Å². The van der Waals surface area contributed by atoms with Crippen LogP contribution in [0.3, 0.4) is 0 Å². The maximum Gasteiger partial charge on any atom is 0.239 e. The van der Waals surface area contributed by atoms with Gasteiger partial charge in [0.1, 0.15) is 0 Å². The van der Waals surface area contributed by atoms with E-state index in [9.17, 15) is 9.59 Å². The van der Waals surface area contributed by atoms with Crippen LogP contribution in [0, 0.1) is 12.8 Å². The fraction of sp³-hybridized carbons (Fsp3) is 0.556. The molecular formula is C18H27N3O2. The van der Waals surface area contributed by atoms with Crippen molar-refractivity contribution < 1.29 is 9.59 Å². The predicted octanol–water partition coefficient (Wildman–Crippen LogP) is 1.16. The number of carbonyl (C=O) groups excluding carboxylic acids is 2. The van der Waals surface area contributed by atoms with Gasteiger partial charge in [-0.25, -0.2) is 0 Å². The summed E-state index contributed by atoms with van der Waals surface area (Å²) in [4.78, 5) is 23.5. The third-order valence-corrected chi connectivity index (χ3v) is 4.24. The van der Waals surface area contributed by atoms with E-state index < -0.39 is 0 Å². The number of aryl methyl sites for hydroxylation is 2. The van der Waals surface area contributed by atoms with Gasteiger partial charge in [-0.05, 0) is 50.8 Å². The van der Waals surface area contributed by atoms with Crippen molar-refractivity contribution in [2.24, 2.45) is 5.92 Å². The van der Waals surface area contributed by atoms with Crippen molar-refractivity contribution in [2.75, 3.05) is 26.2 Å². The van der Waals surface area contributed by atoms with Crippen LogP contribution in [0.5, 0.6) is 0 Å². The summed E-state index contributed by atoms with van der Waals surface area (Å²) in [5, 5.41) is 8.85. The van der Waals surface area contributed by atoms with Crippen LogP contribution in [-0.2, 0) is 16.0 Å². The summed E-state index contributed by atoms with van der Waals surface area (Å²) in [5.41, 5.74) is 2.35. The summed E-state index contributed by atoms with van der Waals surface area (Å²) >= 11 is 0. The molecule has 0 bridgehead atoms. The van der Waals surface area contributed by atoms with Gasteiger partial charge in [0.2, 0.25) is 11.8 Å². The van der Waals surface area contributed by atoms with E-state index in [0.29, 0.717) is 25.3 Å². The molecule has 5 heteroatoms. The molecule has 2 amide bonds. The average molecular weight is 317 g/mol. The Bertz CT molecular complexity index is 508. The van der Waals surface area contributed by atoms with E-state index in [4.69, 9.17) is 0 Å². The lowest BCUT2D eigenvalue weighted by Gasteiger charge is -2.10. The third-order valence-electron chi connectivity index (χ3n) is 4.24. The topological polar surface area (TPSA) is 70.2 Å². The highest BCUT2D eigenvalue weighted by atomic mass is 16.2. The van der Waals surface area contributed by atoms with Gasteiger partial charge in [-0.15, -0.1) is 0 Å². The third kappa shape index (κ3) is 6.82. The molecule has 126 valence electrons. The zero-order chi connectivity index (χ0) is 16.5. The van der Waals surface area contributed by atoms with Crippen molar-refractivity contribution in [3.05, 3.63) is 35.4 Å². The Balaban J connectivity index is 1.54. The molecule has 1 aliphatic rings. The minimum absolute atomic E-state index is 0.0651. The molecule has 1 aromatic rings. The Morgan fingerprint density at radius 1 is 1.17 bits per heavy atom. The Hall–Kier alpha value is -1.88. The smallest absolute Gasteiger partial charge is 0.239 e. The minimum Gasteiger partial charge on any atom is -0.355 e. The van der Waals surface area contributed by atoms with Crippen molar-refractivity contribution in [1.82, 2.24) is 16.0 Å². The average Bonchev–Trinajstić information content (AvgIpc) is 3.06. The summed E-state index contributed by atoms with van der Waals surface area (Å²) in [5.74, 6) is 0.472. The van der Waals surface area contributed by atoms with Crippen molar-refractivity contribution in [1.29, 1.82) is 0 Å². The minimum atomic E-state index is -0.111. The lowest BCUT2D eigenvalue weighted by molar-refractivity contribution is -0.126. The zero-order valence-electron chi connectivity index (χ0n) is 13.9. The van der Waals surface area contributed by atoms with E-state index in [0.717, 1.165) is 25.1 Å². The van der Waals surface area contributed by atoms with Gasteiger partial charge >= 0.3 is 0 Å². The Kier molecular flexibility index (Phi) is 7.07. The van der Waals surface area contributed by atoms with Crippen LogP contribution in [0.15, 0.2) is 24.3 Å². The molecule has 0 aromatic heterocycles. The summed E-state index contributed by atoms with van der Waals surface area (Å²) in [6, 6.07) is 8.15. The normalized spacial score (nSPS) is 17.0. The summed E-state index contributed by atoms with van der Waals surface area (Å²) in [6.07, 6.45) is 3.29. The van der Waals surface area contributed by atoms with Gasteiger partial charge in [0.15, 0.2) is 0 Å². The maximum absolute atomic E-state index is 11.8. The molecule has 0 spiro atoms. The number of hydrogen-bond donors (Lipinski definition) is 3. The molecule has 1 aromatic carbocycles. The van der Waals surface area contributed by atoms with Gasteiger partial charge in [0, 0.05) is 13.0 Å². The number of rotatable bonds is 8. The number of benzene rings is 1. The maximum atomic E-state index is 11.8. The molecule has 1 unspecified atom stereocenters. The molecule has 0 radical (unpaired) electrons. The van der Waals surface area contributed by atoms with E-state index in [1.54, 1.807) is 0 Å². The van der Waals surface area contributed by atoms with Crippen molar-refractivity contribution in [3.63, 3.8) is 0 Å². The van der Waals surface area contributed by atoms with Crippen molar-refractivity contribution >= 4 is 11.8 Å². The van der Waals surface area contributed by atoms with Gasteiger partial charge in [-0.2, -0.15) is 0 Å². The molecule has 1 fully saturated rings. The van der Waals surface area contributed by atoms with Crippen LogP contribution < -0.4 is 16.0 Å². The quantitative estimate of drug-likeness (QED) is 0.674. The SMILES string of the molecule is Cc1ccc(CCC(=O)NCC(=O)NCCC2CCNC2)cc1. The Morgan fingerprint density at radius 3 is 2.65 bits per heavy atom. The first kappa shape index (κ1) is 17.5. The molecule has 0 aliphatic carbocycles. The highest BCUT2D eigenvalue weighted by Gasteiger charge is 2.14. The largest absolute Gasteiger partial charge is 0.355 e. The predicted molar refractivity (Wildman–Crippen MR) is 91.1 cm³/mol. The molecular weight excluding hydrogens is 290 g/mol. The Labute approximate surface area is 138 Å². The van der Waals surface area contributed by atoms with E-state index in [1.807, 2.05) is 31.2 Å². The number of hydrogen-bond acceptors (Lipinski definition) is 3. The molecule has 1 saturated heterocycles. The van der Waals surface area contributed by atoms with Crippen molar-refractivity contribution in [3.8, 4) is 0 Å². The number of amides is 2. The Morgan fingerprint density at radius 2 is 1.96 bits per heavy atom. The van der Waals surface area contributed by atoms with Gasteiger partial charge in [-0.3, -0.25) is 9.59 Å². The first-order chi connectivity index (χ1) is 11.1. The van der Waals surface area contributed by atoms with E-state index in [2.05, 4.69) is 16.0 Å². The molecule has 5 nitrogen and oxygen atoms in total. The standard InChI is InChI=1S/C18H27N3O2/c1-14-2-4-15(5-3-14)6-7-17(22)21-13-18(23)20-11-9-16-8-10-19-12-16/h2-5,16,19H,6-13H2,1H3,(H,20,23)(H,21,22). The highest BCUT2D eigenvalue weighted by Crippen LogP contribution is 2.10. The van der Waals surface area contributed by atoms with Gasteiger partial charge in [0.05, 0.1) is 6.54 Å². The second-order valence-electron chi connectivity index (χ2n) is 6.26. The second-order valence-corrected chi connectivity index (χ2v) is 6.26. The zero-order valence-corrected chi connectivity index (χ0v) is 13.9. The fourth-order valence-electron chi connectivity index (χ4n) is 2.72. The molecule has 1 heterocycles. The van der Waals surface area contributed by atoms with Crippen LogP contribution in [0.4, 0.5) is 0 Å². The molecule has 3 N–H and O–H groups in total. The first-order valence-corrected chi connectivity index (χ1v) is 8.43. The summed E-state index contributed by atoms with van der Waals surface area (Å²) in [7, 11) is 0. The number of carbonyl (C=O) groups is 2. The summed E-state index contributed by atoms with van der Waals surface area (Å²) < 4.78 is 0. The van der Waals surface area contributed by atoms with Crippen LogP contribution in [0.2, 0.25) is 0 Å². The van der Waals surface area contributed by atoms with Gasteiger partial charge < -0.3 is 16.0 Å². The molecule has 2 rings (SSSR count). The molecule has 23 heavy (non-hydrogen) atoms. The molecule has 0 saturated carbocycles. The lowest BCUT2D eigenvalue weighted by atomic mass is 10.1. The fourth-order valence-corrected chi connectivity index (χ4v) is 2.72. The van der Waals surface area contributed by atoms with Crippen LogP contribution in [0.1, 0.15) is 30.4 Å². The van der Waals surface area contributed by atoms with E-state index >= 15 is 0 Å². The monoisotopic (exact) mass is 317 g/mol. The summed E-state index contributed by atoms with van der Waals surface area (Å²) in [6.45, 7) is 4.92. The number of nitrogens with one attached hydrogen (secondary N) is 3. The highest BCUT2D eigenvalue weighted by molar-refractivity contribution is 5.84. The lowest BCUT2D eigenvalue weighted by Crippen LogP contribution is -2.37. The second kappa shape index (κ2) is 9.30. The van der Waals surface area contributed by atoms with Gasteiger partial charge in [-0.1, -0.05) is 29.8 Å². The van der Waals surface area contributed by atoms with Gasteiger partial charge in [0.25, 0.3) is 0 Å². The molecule has 1 aliphatic heterocycles.